The molecule has 25 heavy (non-hydrogen) atoms. The van der Waals surface area contributed by atoms with E-state index in [1.165, 1.54) is 12.8 Å². The number of carbonyl (C=O) groups excluding carboxylic acids is 1. The van der Waals surface area contributed by atoms with Gasteiger partial charge in [0.05, 0.1) is 18.8 Å². The molecule has 0 spiro atoms. The van der Waals surface area contributed by atoms with Gasteiger partial charge in [-0.1, -0.05) is 18.2 Å². The summed E-state index contributed by atoms with van der Waals surface area (Å²) in [5.74, 6) is 1.07. The predicted octanol–water partition coefficient (Wildman–Crippen LogP) is 3.23. The minimum Gasteiger partial charge on any atom is -0.451 e. The van der Waals surface area contributed by atoms with Gasteiger partial charge in [0.1, 0.15) is 11.7 Å². The summed E-state index contributed by atoms with van der Waals surface area (Å²) in [5.41, 5.74) is 0.753. The van der Waals surface area contributed by atoms with Crippen molar-refractivity contribution in [2.75, 3.05) is 19.8 Å². The van der Waals surface area contributed by atoms with Crippen molar-refractivity contribution in [2.24, 2.45) is 5.92 Å². The Morgan fingerprint density at radius 1 is 1.20 bits per heavy atom. The summed E-state index contributed by atoms with van der Waals surface area (Å²) in [5, 5.41) is 0.961. The molecule has 5 heteroatoms. The highest BCUT2D eigenvalue weighted by Gasteiger charge is 2.45. The van der Waals surface area contributed by atoms with E-state index in [4.69, 9.17) is 13.9 Å². The van der Waals surface area contributed by atoms with Crippen LogP contribution in [0.15, 0.2) is 34.7 Å². The van der Waals surface area contributed by atoms with E-state index in [1.54, 1.807) is 0 Å². The van der Waals surface area contributed by atoms with E-state index >= 15 is 0 Å². The van der Waals surface area contributed by atoms with Crippen LogP contribution in [0.25, 0.3) is 11.0 Å². The maximum Gasteiger partial charge on any atom is 0.290 e. The number of fused-ring (bicyclic) bond motifs is 3. The average molecular weight is 341 g/mol. The van der Waals surface area contributed by atoms with Crippen LogP contribution < -0.4 is 0 Å². The van der Waals surface area contributed by atoms with Crippen LogP contribution in [0.2, 0.25) is 0 Å². The van der Waals surface area contributed by atoms with Crippen molar-refractivity contribution in [1.29, 1.82) is 0 Å². The molecule has 5 nitrogen and oxygen atoms in total. The van der Waals surface area contributed by atoms with Crippen molar-refractivity contribution in [3.63, 3.8) is 0 Å². The van der Waals surface area contributed by atoms with Crippen molar-refractivity contribution >= 4 is 16.9 Å². The fourth-order valence-corrected chi connectivity index (χ4v) is 4.12. The van der Waals surface area contributed by atoms with Gasteiger partial charge in [0.15, 0.2) is 5.76 Å². The van der Waals surface area contributed by atoms with Crippen LogP contribution in [0, 0.1) is 5.92 Å². The molecule has 1 aromatic carbocycles. The molecular formula is C20H23NO4. The Balaban J connectivity index is 1.39. The molecule has 1 aromatic heterocycles. The monoisotopic (exact) mass is 341 g/mol. The molecule has 3 unspecified atom stereocenters. The molecule has 1 amide bonds. The van der Waals surface area contributed by atoms with Gasteiger partial charge in [-0.15, -0.1) is 0 Å². The van der Waals surface area contributed by atoms with Crippen LogP contribution in [0.4, 0.5) is 0 Å². The Hall–Kier alpha value is -1.85. The molecule has 2 aliphatic carbocycles. The minimum atomic E-state index is -0.0487. The van der Waals surface area contributed by atoms with Gasteiger partial charge in [-0.3, -0.25) is 4.79 Å². The quantitative estimate of drug-likeness (QED) is 0.857. The second kappa shape index (κ2) is 6.15. The molecule has 2 heterocycles. The summed E-state index contributed by atoms with van der Waals surface area (Å²) >= 11 is 0. The molecule has 2 bridgehead atoms. The fourth-order valence-electron chi connectivity index (χ4n) is 4.12. The number of benzene rings is 1. The predicted molar refractivity (Wildman–Crippen MR) is 92.5 cm³/mol. The third-order valence-corrected chi connectivity index (χ3v) is 5.68. The van der Waals surface area contributed by atoms with Crippen molar-refractivity contribution < 1.29 is 18.7 Å². The smallest absolute Gasteiger partial charge is 0.290 e. The maximum atomic E-state index is 13.1. The number of amides is 1. The molecule has 0 N–H and O–H groups in total. The van der Waals surface area contributed by atoms with Gasteiger partial charge in [0.25, 0.3) is 5.91 Å². The average Bonchev–Trinajstić information content (AvgIpc) is 3.24. The third kappa shape index (κ3) is 2.85. The SMILES string of the molecule is O=C(c1cc2ccccc2o1)N1CCOC2CCC1C2OCC1CC1. The Morgan fingerprint density at radius 2 is 2.08 bits per heavy atom. The Bertz CT molecular complexity index is 748. The molecule has 1 saturated heterocycles. The van der Waals surface area contributed by atoms with Crippen LogP contribution in [0.5, 0.6) is 0 Å². The second-order valence-corrected chi connectivity index (χ2v) is 7.44. The van der Waals surface area contributed by atoms with E-state index in [-0.39, 0.29) is 24.2 Å². The normalized spacial score (nSPS) is 29.1. The summed E-state index contributed by atoms with van der Waals surface area (Å²) in [6.07, 6.45) is 4.55. The van der Waals surface area contributed by atoms with Crippen LogP contribution >= 0.6 is 0 Å². The highest BCUT2D eigenvalue weighted by molar-refractivity contribution is 5.96. The third-order valence-electron chi connectivity index (χ3n) is 5.68. The number of para-hydroxylation sites is 1. The lowest BCUT2D eigenvalue weighted by Gasteiger charge is -2.30. The molecule has 0 radical (unpaired) electrons. The molecule has 3 fully saturated rings. The number of hydrogen-bond acceptors (Lipinski definition) is 4. The molecule has 2 aromatic rings. The van der Waals surface area contributed by atoms with Gasteiger partial charge in [-0.05, 0) is 43.7 Å². The standard InChI is InChI=1S/C20H23NO4/c22-20(18-11-14-3-1-2-4-16(14)25-18)21-9-10-23-17-8-7-15(21)19(17)24-12-13-5-6-13/h1-4,11,13,15,17,19H,5-10,12H2. The highest BCUT2D eigenvalue weighted by atomic mass is 16.5. The number of hydrogen-bond donors (Lipinski definition) is 0. The van der Waals surface area contributed by atoms with E-state index in [0.29, 0.717) is 24.8 Å². The number of carbonyl (C=O) groups is 1. The number of furan rings is 1. The van der Waals surface area contributed by atoms with E-state index in [9.17, 15) is 4.79 Å². The van der Waals surface area contributed by atoms with Crippen molar-refractivity contribution in [3.05, 3.63) is 36.1 Å². The molecule has 132 valence electrons. The molecule has 3 atom stereocenters. The zero-order chi connectivity index (χ0) is 16.8. The van der Waals surface area contributed by atoms with E-state index in [1.807, 2.05) is 35.2 Å². The van der Waals surface area contributed by atoms with E-state index in [0.717, 1.165) is 30.4 Å². The first kappa shape index (κ1) is 15.4. The van der Waals surface area contributed by atoms with Crippen LogP contribution in [0.1, 0.15) is 36.2 Å². The molecule has 1 aliphatic heterocycles. The second-order valence-electron chi connectivity index (χ2n) is 7.44. The summed E-state index contributed by atoms with van der Waals surface area (Å²) in [6, 6.07) is 9.67. The number of nitrogens with zero attached hydrogens (tertiary/aromatic N) is 1. The fraction of sp³-hybridized carbons (Fsp3) is 0.550. The highest BCUT2D eigenvalue weighted by Crippen LogP contribution is 2.36. The van der Waals surface area contributed by atoms with Crippen LogP contribution in [-0.2, 0) is 9.47 Å². The van der Waals surface area contributed by atoms with E-state index < -0.39 is 0 Å². The molecule has 2 saturated carbocycles. The molecular weight excluding hydrogens is 318 g/mol. The number of rotatable bonds is 4. The summed E-state index contributed by atoms with van der Waals surface area (Å²) in [6.45, 7) is 1.96. The van der Waals surface area contributed by atoms with Crippen LogP contribution in [-0.4, -0.2) is 48.8 Å². The van der Waals surface area contributed by atoms with Gasteiger partial charge >= 0.3 is 0 Å². The zero-order valence-corrected chi connectivity index (χ0v) is 14.2. The lowest BCUT2D eigenvalue weighted by atomic mass is 10.1. The molecule has 3 aliphatic rings. The first-order valence-corrected chi connectivity index (χ1v) is 9.32. The summed E-state index contributed by atoms with van der Waals surface area (Å²) < 4.78 is 18.0. The largest absolute Gasteiger partial charge is 0.451 e. The van der Waals surface area contributed by atoms with Gasteiger partial charge in [-0.25, -0.2) is 0 Å². The Morgan fingerprint density at radius 3 is 2.92 bits per heavy atom. The lowest BCUT2D eigenvalue weighted by Crippen LogP contribution is -2.46. The summed E-state index contributed by atoms with van der Waals surface area (Å²) in [4.78, 5) is 15.0. The Kier molecular flexibility index (Phi) is 3.79. The summed E-state index contributed by atoms with van der Waals surface area (Å²) in [7, 11) is 0. The van der Waals surface area contributed by atoms with Gasteiger partial charge in [0.2, 0.25) is 0 Å². The van der Waals surface area contributed by atoms with Gasteiger partial charge < -0.3 is 18.8 Å². The van der Waals surface area contributed by atoms with E-state index in [2.05, 4.69) is 0 Å². The lowest BCUT2D eigenvalue weighted by molar-refractivity contribution is -0.0557. The van der Waals surface area contributed by atoms with Crippen molar-refractivity contribution in [3.8, 4) is 0 Å². The van der Waals surface area contributed by atoms with Crippen LogP contribution in [0.3, 0.4) is 0 Å². The Labute approximate surface area is 146 Å². The first-order chi connectivity index (χ1) is 12.3. The minimum absolute atomic E-state index is 0.00331. The van der Waals surface area contributed by atoms with Gasteiger partial charge in [-0.2, -0.15) is 0 Å². The van der Waals surface area contributed by atoms with Crippen molar-refractivity contribution in [1.82, 2.24) is 4.90 Å². The zero-order valence-electron chi connectivity index (χ0n) is 14.2. The molecule has 5 rings (SSSR count). The van der Waals surface area contributed by atoms with Crippen molar-refractivity contribution in [2.45, 2.75) is 43.9 Å². The van der Waals surface area contributed by atoms with Gasteiger partial charge in [0, 0.05) is 18.5 Å². The topological polar surface area (TPSA) is 51.9 Å². The maximum absolute atomic E-state index is 13.1. The first-order valence-electron chi connectivity index (χ1n) is 9.32. The number of ether oxygens (including phenoxy) is 2.